The fourth-order valence-electron chi connectivity index (χ4n) is 2.36. The molecule has 1 aromatic heterocycles. The van der Waals surface area contributed by atoms with Crippen LogP contribution in [0.2, 0.25) is 5.02 Å². The van der Waals surface area contributed by atoms with Crippen LogP contribution in [0.1, 0.15) is 25.0 Å². The lowest BCUT2D eigenvalue weighted by Gasteiger charge is -2.13. The number of nitrogens with zero attached hydrogens (tertiary/aromatic N) is 3. The van der Waals surface area contributed by atoms with Crippen molar-refractivity contribution in [3.8, 4) is 5.75 Å². The van der Waals surface area contributed by atoms with Crippen LogP contribution in [0.4, 0.5) is 16.3 Å². The van der Waals surface area contributed by atoms with Crippen LogP contribution in [0.15, 0.2) is 35.6 Å². The number of amides is 2. The maximum absolute atomic E-state index is 12.3. The molecule has 0 atom stereocenters. The van der Waals surface area contributed by atoms with E-state index in [-0.39, 0.29) is 12.8 Å². The first-order valence-corrected chi connectivity index (χ1v) is 9.83. The number of ether oxygens (including phenoxy) is 2. The molecule has 2 aromatic rings. The van der Waals surface area contributed by atoms with E-state index in [4.69, 9.17) is 26.2 Å². The van der Waals surface area contributed by atoms with Crippen molar-refractivity contribution in [2.24, 2.45) is 4.99 Å². The molecule has 0 spiro atoms. The third kappa shape index (κ3) is 8.87. The number of carbonyl (C=O) groups is 2. The van der Waals surface area contributed by atoms with Crippen molar-refractivity contribution in [3.63, 3.8) is 0 Å². The van der Waals surface area contributed by atoms with Crippen LogP contribution in [0.5, 0.6) is 5.75 Å². The zero-order valence-electron chi connectivity index (χ0n) is 17.2. The number of halogens is 1. The van der Waals surface area contributed by atoms with E-state index in [1.54, 1.807) is 31.3 Å². The van der Waals surface area contributed by atoms with Crippen LogP contribution in [0.25, 0.3) is 0 Å². The fraction of sp³-hybridized carbons (Fsp3) is 0.350. The Balaban J connectivity index is 1.88. The van der Waals surface area contributed by atoms with Crippen LogP contribution in [0, 0.1) is 6.92 Å². The quantitative estimate of drug-likeness (QED) is 0.285. The third-order valence-electron chi connectivity index (χ3n) is 3.85. The number of hydrogen-bond acceptors (Lipinski definition) is 7. The van der Waals surface area contributed by atoms with Crippen molar-refractivity contribution in [1.29, 1.82) is 0 Å². The van der Waals surface area contributed by atoms with Gasteiger partial charge in [0.15, 0.2) is 11.7 Å². The Morgan fingerprint density at radius 1 is 1.19 bits per heavy atom. The second kappa shape index (κ2) is 12.3. The van der Waals surface area contributed by atoms with E-state index in [2.05, 4.69) is 25.6 Å². The number of carboxylic acid groups (broad SMARTS) is 1. The van der Waals surface area contributed by atoms with E-state index in [0.29, 0.717) is 47.7 Å². The predicted molar refractivity (Wildman–Crippen MR) is 117 cm³/mol. The second-order valence-electron chi connectivity index (χ2n) is 6.34. The minimum atomic E-state index is -0.908. The van der Waals surface area contributed by atoms with Gasteiger partial charge in [-0.3, -0.25) is 20.1 Å². The number of aliphatic carboxylic acids is 1. The van der Waals surface area contributed by atoms with Gasteiger partial charge in [0.25, 0.3) is 0 Å². The average molecular weight is 450 g/mol. The first-order valence-electron chi connectivity index (χ1n) is 9.45. The van der Waals surface area contributed by atoms with E-state index < -0.39 is 12.0 Å². The molecule has 10 nitrogen and oxygen atoms in total. The Kier molecular flexibility index (Phi) is 9.50. The summed E-state index contributed by atoms with van der Waals surface area (Å²) in [6.45, 7) is 2.52. The lowest BCUT2D eigenvalue weighted by Crippen LogP contribution is -2.20. The number of hydrogen-bond donors (Lipinski definition) is 3. The van der Waals surface area contributed by atoms with Crippen LogP contribution < -0.4 is 15.4 Å². The van der Waals surface area contributed by atoms with Crippen molar-refractivity contribution in [2.45, 2.75) is 26.2 Å². The highest BCUT2D eigenvalue weighted by Gasteiger charge is 2.10. The number of urea groups is 1. The van der Waals surface area contributed by atoms with E-state index in [9.17, 15) is 9.59 Å². The molecule has 0 saturated carbocycles. The monoisotopic (exact) mass is 449 g/mol. The zero-order chi connectivity index (χ0) is 22.6. The molecule has 1 heterocycles. The number of carboxylic acids is 1. The number of aromatic nitrogens is 2. The molecule has 2 rings (SSSR count). The molecule has 0 unspecified atom stereocenters. The van der Waals surface area contributed by atoms with Gasteiger partial charge in [0, 0.05) is 24.4 Å². The number of methoxy groups -OCH3 is 1. The van der Waals surface area contributed by atoms with Crippen molar-refractivity contribution in [3.05, 3.63) is 41.3 Å². The zero-order valence-corrected chi connectivity index (χ0v) is 18.0. The van der Waals surface area contributed by atoms with Gasteiger partial charge in [0.1, 0.15) is 5.75 Å². The molecule has 0 saturated heterocycles. The van der Waals surface area contributed by atoms with E-state index in [0.717, 1.165) is 5.69 Å². The molecule has 1 aromatic carbocycles. The van der Waals surface area contributed by atoms with Gasteiger partial charge in [-0.1, -0.05) is 11.6 Å². The summed E-state index contributed by atoms with van der Waals surface area (Å²) >= 11 is 6.04. The maximum Gasteiger partial charge on any atom is 0.325 e. The number of aryl methyl sites for hydroxylation is 1. The smallest absolute Gasteiger partial charge is 0.325 e. The third-order valence-corrected chi connectivity index (χ3v) is 4.08. The standard InChI is InChI=1S/C20H24ClN5O5/c1-13-11-24-17(12-23-13)26-20(29)25-15-10-14(21)4-5-16(15)31-9-3-8-22-18(30-2)6-7-19(27)28/h4-5,10-12H,3,6-9H2,1-2H3,(H,27,28)(H2,24,25,26,29). The van der Waals surface area contributed by atoms with E-state index in [1.807, 2.05) is 0 Å². The first kappa shape index (κ1) is 23.9. The van der Waals surface area contributed by atoms with Gasteiger partial charge in [0.2, 0.25) is 0 Å². The molecule has 0 aliphatic carbocycles. The summed E-state index contributed by atoms with van der Waals surface area (Å²) in [4.78, 5) is 35.2. The summed E-state index contributed by atoms with van der Waals surface area (Å²) in [5.41, 5.74) is 1.13. The summed E-state index contributed by atoms with van der Waals surface area (Å²) in [5, 5.41) is 14.4. The molecule has 0 bridgehead atoms. The molecule has 0 radical (unpaired) electrons. The molecule has 2 amide bonds. The molecule has 0 aliphatic rings. The second-order valence-corrected chi connectivity index (χ2v) is 6.77. The van der Waals surface area contributed by atoms with E-state index in [1.165, 1.54) is 13.3 Å². The van der Waals surface area contributed by atoms with Crippen LogP contribution in [-0.2, 0) is 9.53 Å². The molecule has 3 N–H and O–H groups in total. The molecule has 0 fully saturated rings. The van der Waals surface area contributed by atoms with Crippen molar-refractivity contribution < 1.29 is 24.2 Å². The lowest BCUT2D eigenvalue weighted by molar-refractivity contribution is -0.136. The van der Waals surface area contributed by atoms with Crippen LogP contribution in [0.3, 0.4) is 0 Å². The first-order chi connectivity index (χ1) is 14.9. The minimum Gasteiger partial charge on any atom is -0.491 e. The molecule has 11 heteroatoms. The number of benzene rings is 1. The highest BCUT2D eigenvalue weighted by molar-refractivity contribution is 6.31. The molecule has 0 aliphatic heterocycles. The summed E-state index contributed by atoms with van der Waals surface area (Å²) in [6.07, 6.45) is 3.75. The Bertz CT molecular complexity index is 921. The predicted octanol–water partition coefficient (Wildman–Crippen LogP) is 3.76. The topological polar surface area (TPSA) is 135 Å². The van der Waals surface area contributed by atoms with Crippen LogP contribution >= 0.6 is 11.6 Å². The number of aliphatic imine (C=N–C) groups is 1. The van der Waals surface area contributed by atoms with Gasteiger partial charge in [-0.25, -0.2) is 9.78 Å². The largest absolute Gasteiger partial charge is 0.491 e. The minimum absolute atomic E-state index is 0.0424. The molecule has 31 heavy (non-hydrogen) atoms. The Hall–Kier alpha value is -3.40. The highest BCUT2D eigenvalue weighted by atomic mass is 35.5. The van der Waals surface area contributed by atoms with E-state index >= 15 is 0 Å². The molecular weight excluding hydrogens is 426 g/mol. The SMILES string of the molecule is COC(CCC(=O)O)=NCCCOc1ccc(Cl)cc1NC(=O)Nc1cnc(C)cn1. The van der Waals surface area contributed by atoms with Gasteiger partial charge in [0.05, 0.1) is 43.9 Å². The van der Waals surface area contributed by atoms with Gasteiger partial charge >= 0.3 is 12.0 Å². The average Bonchev–Trinajstić information content (AvgIpc) is 2.73. The number of nitrogens with one attached hydrogen (secondary N) is 2. The number of rotatable bonds is 10. The normalized spacial score (nSPS) is 11.0. The Labute approximate surface area is 184 Å². The van der Waals surface area contributed by atoms with Crippen molar-refractivity contribution in [1.82, 2.24) is 9.97 Å². The van der Waals surface area contributed by atoms with Crippen LogP contribution in [-0.4, -0.2) is 53.2 Å². The fourth-order valence-corrected chi connectivity index (χ4v) is 2.53. The summed E-state index contributed by atoms with van der Waals surface area (Å²) in [5.74, 6) is 0.222. The van der Waals surface area contributed by atoms with Gasteiger partial charge < -0.3 is 19.9 Å². The summed E-state index contributed by atoms with van der Waals surface area (Å²) in [6, 6.07) is 4.36. The molecular formula is C20H24ClN5O5. The Morgan fingerprint density at radius 3 is 2.68 bits per heavy atom. The van der Waals surface area contributed by atoms with Crippen molar-refractivity contribution in [2.75, 3.05) is 30.9 Å². The molecule has 166 valence electrons. The van der Waals surface area contributed by atoms with Gasteiger partial charge in [-0.05, 0) is 25.1 Å². The van der Waals surface area contributed by atoms with Gasteiger partial charge in [-0.15, -0.1) is 0 Å². The summed E-state index contributed by atoms with van der Waals surface area (Å²) in [7, 11) is 1.45. The Morgan fingerprint density at radius 2 is 2.00 bits per heavy atom. The summed E-state index contributed by atoms with van der Waals surface area (Å²) < 4.78 is 10.8. The highest BCUT2D eigenvalue weighted by Crippen LogP contribution is 2.28. The van der Waals surface area contributed by atoms with Crippen molar-refractivity contribution >= 4 is 41.0 Å². The van der Waals surface area contributed by atoms with Gasteiger partial charge in [-0.2, -0.15) is 0 Å². The maximum atomic E-state index is 12.3. The lowest BCUT2D eigenvalue weighted by atomic mass is 10.3. The number of carbonyl (C=O) groups excluding carboxylic acids is 1. The number of anilines is 2.